The van der Waals surface area contributed by atoms with Crippen molar-refractivity contribution in [3.8, 4) is 28.4 Å². The van der Waals surface area contributed by atoms with Gasteiger partial charge in [-0.1, -0.05) is 42.5 Å². The normalized spacial score (nSPS) is 10.4. The van der Waals surface area contributed by atoms with E-state index in [4.69, 9.17) is 14.2 Å². The maximum absolute atomic E-state index is 12.3. The summed E-state index contributed by atoms with van der Waals surface area (Å²) < 4.78 is 16.8. The number of hydrogen-bond acceptors (Lipinski definition) is 4. The van der Waals surface area contributed by atoms with Crippen LogP contribution >= 0.6 is 15.9 Å². The highest BCUT2D eigenvalue weighted by Gasteiger charge is 2.11. The van der Waals surface area contributed by atoms with Crippen molar-refractivity contribution in [2.45, 2.75) is 12.8 Å². The Balaban J connectivity index is 1.62. The molecule has 3 aromatic carbocycles. The Labute approximate surface area is 173 Å². The van der Waals surface area contributed by atoms with Gasteiger partial charge in [0.15, 0.2) is 11.5 Å². The summed E-state index contributed by atoms with van der Waals surface area (Å²) in [5.41, 5.74) is 3.14. The van der Waals surface area contributed by atoms with Crippen LogP contribution in [0.5, 0.6) is 17.2 Å². The van der Waals surface area contributed by atoms with E-state index in [1.54, 1.807) is 20.3 Å². The van der Waals surface area contributed by atoms with E-state index in [1.807, 2.05) is 60.7 Å². The number of benzene rings is 3. The zero-order valence-electron chi connectivity index (χ0n) is 15.8. The molecule has 0 radical (unpaired) electrons. The summed E-state index contributed by atoms with van der Waals surface area (Å²) in [4.78, 5) is 12.3. The van der Waals surface area contributed by atoms with Crippen molar-refractivity contribution in [2.75, 3.05) is 14.2 Å². The molecule has 0 aliphatic heterocycles. The maximum atomic E-state index is 12.3. The van der Waals surface area contributed by atoms with Crippen molar-refractivity contribution >= 4 is 21.9 Å². The van der Waals surface area contributed by atoms with Crippen molar-refractivity contribution in [2.24, 2.45) is 0 Å². The molecule has 0 unspecified atom stereocenters. The molecule has 4 nitrogen and oxygen atoms in total. The summed E-state index contributed by atoms with van der Waals surface area (Å²) in [6.45, 7) is 0. The minimum absolute atomic E-state index is 0.266. The van der Waals surface area contributed by atoms with E-state index in [0.717, 1.165) is 21.2 Å². The Kier molecular flexibility index (Phi) is 6.71. The third-order valence-electron chi connectivity index (χ3n) is 4.33. The number of carbonyl (C=O) groups is 1. The number of rotatable bonds is 7. The standard InChI is InChI=1S/C23H21BrO4/c1-26-21-11-8-16(14-22(21)27-2)9-13-23(25)28-20-12-10-18(15-19(20)24)17-6-4-3-5-7-17/h3-8,10-12,14-15H,9,13H2,1-2H3. The second-order valence-electron chi connectivity index (χ2n) is 6.17. The second kappa shape index (κ2) is 9.42. The molecule has 0 aliphatic carbocycles. The predicted octanol–water partition coefficient (Wildman–Crippen LogP) is 5.67. The summed E-state index contributed by atoms with van der Waals surface area (Å²) in [5.74, 6) is 1.53. The fraction of sp³-hybridized carbons (Fsp3) is 0.174. The highest BCUT2D eigenvalue weighted by atomic mass is 79.9. The highest BCUT2D eigenvalue weighted by molar-refractivity contribution is 9.10. The van der Waals surface area contributed by atoms with Crippen LogP contribution in [0.25, 0.3) is 11.1 Å². The van der Waals surface area contributed by atoms with Gasteiger partial charge < -0.3 is 14.2 Å². The van der Waals surface area contributed by atoms with Gasteiger partial charge in [0, 0.05) is 6.42 Å². The maximum Gasteiger partial charge on any atom is 0.311 e. The minimum atomic E-state index is -0.289. The molecule has 0 saturated heterocycles. The van der Waals surface area contributed by atoms with Gasteiger partial charge >= 0.3 is 5.97 Å². The first-order valence-electron chi connectivity index (χ1n) is 8.87. The fourth-order valence-corrected chi connectivity index (χ4v) is 3.31. The molecule has 28 heavy (non-hydrogen) atoms. The Hall–Kier alpha value is -2.79. The average molecular weight is 441 g/mol. The van der Waals surface area contributed by atoms with E-state index in [9.17, 15) is 4.79 Å². The first-order valence-corrected chi connectivity index (χ1v) is 9.66. The van der Waals surface area contributed by atoms with Gasteiger partial charge in [-0.15, -0.1) is 0 Å². The number of halogens is 1. The first kappa shape index (κ1) is 20.0. The van der Waals surface area contributed by atoms with E-state index >= 15 is 0 Å². The Morgan fingerprint density at radius 2 is 1.54 bits per heavy atom. The van der Waals surface area contributed by atoms with Crippen LogP contribution in [0.15, 0.2) is 71.2 Å². The van der Waals surface area contributed by atoms with Crippen molar-refractivity contribution < 1.29 is 19.0 Å². The number of aryl methyl sites for hydroxylation is 1. The third kappa shape index (κ3) is 4.93. The topological polar surface area (TPSA) is 44.8 Å². The van der Waals surface area contributed by atoms with Crippen LogP contribution in [-0.2, 0) is 11.2 Å². The van der Waals surface area contributed by atoms with Crippen molar-refractivity contribution in [3.05, 3.63) is 76.8 Å². The van der Waals surface area contributed by atoms with Crippen LogP contribution in [0.3, 0.4) is 0 Å². The molecule has 0 N–H and O–H groups in total. The van der Waals surface area contributed by atoms with E-state index in [0.29, 0.717) is 23.7 Å². The molecule has 3 aromatic rings. The van der Waals surface area contributed by atoms with E-state index in [-0.39, 0.29) is 12.4 Å². The monoisotopic (exact) mass is 440 g/mol. The van der Waals surface area contributed by atoms with Gasteiger partial charge in [0.25, 0.3) is 0 Å². The molecular formula is C23H21BrO4. The van der Waals surface area contributed by atoms with Gasteiger partial charge in [0.2, 0.25) is 0 Å². The lowest BCUT2D eigenvalue weighted by molar-refractivity contribution is -0.134. The van der Waals surface area contributed by atoms with Gasteiger partial charge in [0.05, 0.1) is 18.7 Å². The molecule has 0 aliphatic rings. The Bertz CT molecular complexity index is 954. The molecule has 0 bridgehead atoms. The molecular weight excluding hydrogens is 420 g/mol. The molecule has 0 spiro atoms. The molecule has 0 saturated carbocycles. The van der Waals surface area contributed by atoms with E-state index in [2.05, 4.69) is 15.9 Å². The van der Waals surface area contributed by atoms with Crippen LogP contribution in [0.2, 0.25) is 0 Å². The number of methoxy groups -OCH3 is 2. The van der Waals surface area contributed by atoms with E-state index in [1.165, 1.54) is 0 Å². The molecule has 0 aromatic heterocycles. The molecule has 144 valence electrons. The van der Waals surface area contributed by atoms with Gasteiger partial charge in [-0.3, -0.25) is 4.79 Å². The van der Waals surface area contributed by atoms with Crippen LogP contribution in [0.1, 0.15) is 12.0 Å². The summed E-state index contributed by atoms with van der Waals surface area (Å²) in [6.07, 6.45) is 0.821. The summed E-state index contributed by atoms with van der Waals surface area (Å²) in [5, 5.41) is 0. The first-order chi connectivity index (χ1) is 13.6. The lowest BCUT2D eigenvalue weighted by Gasteiger charge is -2.10. The number of carbonyl (C=O) groups excluding carboxylic acids is 1. The van der Waals surface area contributed by atoms with Crippen molar-refractivity contribution in [1.29, 1.82) is 0 Å². The summed E-state index contributed by atoms with van der Waals surface area (Å²) in [6, 6.07) is 21.4. The molecule has 0 atom stereocenters. The van der Waals surface area contributed by atoms with Gasteiger partial charge in [-0.05, 0) is 63.3 Å². The van der Waals surface area contributed by atoms with Crippen LogP contribution < -0.4 is 14.2 Å². The van der Waals surface area contributed by atoms with Crippen molar-refractivity contribution in [1.82, 2.24) is 0 Å². The SMILES string of the molecule is COc1ccc(CCC(=O)Oc2ccc(-c3ccccc3)cc2Br)cc1OC. The highest BCUT2D eigenvalue weighted by Crippen LogP contribution is 2.31. The fourth-order valence-electron chi connectivity index (χ4n) is 2.85. The summed E-state index contributed by atoms with van der Waals surface area (Å²) in [7, 11) is 3.18. The van der Waals surface area contributed by atoms with Crippen LogP contribution in [0, 0.1) is 0 Å². The van der Waals surface area contributed by atoms with E-state index < -0.39 is 0 Å². The number of hydrogen-bond donors (Lipinski definition) is 0. The van der Waals surface area contributed by atoms with Crippen molar-refractivity contribution in [3.63, 3.8) is 0 Å². The number of esters is 1. The lowest BCUT2D eigenvalue weighted by atomic mass is 10.1. The minimum Gasteiger partial charge on any atom is -0.493 e. The average Bonchev–Trinajstić information content (AvgIpc) is 2.74. The smallest absolute Gasteiger partial charge is 0.311 e. The quantitative estimate of drug-likeness (QED) is 0.350. The molecule has 3 rings (SSSR count). The van der Waals surface area contributed by atoms with Crippen LogP contribution in [0.4, 0.5) is 0 Å². The molecule has 0 amide bonds. The molecule has 0 heterocycles. The van der Waals surface area contributed by atoms with Gasteiger partial charge in [-0.2, -0.15) is 0 Å². The van der Waals surface area contributed by atoms with Crippen LogP contribution in [-0.4, -0.2) is 20.2 Å². The number of ether oxygens (including phenoxy) is 3. The predicted molar refractivity (Wildman–Crippen MR) is 113 cm³/mol. The third-order valence-corrected chi connectivity index (χ3v) is 4.95. The molecule has 0 fully saturated rings. The van der Waals surface area contributed by atoms with Gasteiger partial charge in [-0.25, -0.2) is 0 Å². The van der Waals surface area contributed by atoms with Gasteiger partial charge in [0.1, 0.15) is 5.75 Å². The summed E-state index contributed by atoms with van der Waals surface area (Å²) >= 11 is 3.50. The zero-order chi connectivity index (χ0) is 19.9. The zero-order valence-corrected chi connectivity index (χ0v) is 17.4. The Morgan fingerprint density at radius 1 is 0.821 bits per heavy atom. The largest absolute Gasteiger partial charge is 0.493 e. The molecule has 5 heteroatoms. The second-order valence-corrected chi connectivity index (χ2v) is 7.03. The Morgan fingerprint density at radius 3 is 2.21 bits per heavy atom. The lowest BCUT2D eigenvalue weighted by Crippen LogP contribution is -2.09.